The van der Waals surface area contributed by atoms with Crippen LogP contribution in [0.3, 0.4) is 0 Å². The summed E-state index contributed by atoms with van der Waals surface area (Å²) in [6, 6.07) is 0. The molecule has 1 fully saturated rings. The van der Waals surface area contributed by atoms with E-state index in [4.69, 9.17) is 4.74 Å². The third-order valence-corrected chi connectivity index (χ3v) is 5.61. The molecule has 1 rings (SSSR count). The SMILES string of the molecule is C.C.C.C.CCC(C)(C)C(=O)OC(C)(C)C.CCC(C)(C)C(=O)OC1(F)CCC(F)(F)C(F)(F)C1(F)F. The summed E-state index contributed by atoms with van der Waals surface area (Å²) in [6.45, 7) is 15.4. The first kappa shape index (κ1) is 45.4. The number of carbonyl (C=O) groups excluding carboxylic acids is 2. The number of halogens is 7. The van der Waals surface area contributed by atoms with E-state index < -0.39 is 47.8 Å². The van der Waals surface area contributed by atoms with Gasteiger partial charge in [0.25, 0.3) is 0 Å². The summed E-state index contributed by atoms with van der Waals surface area (Å²) in [5.41, 5.74) is -2.14. The van der Waals surface area contributed by atoms with Gasteiger partial charge in [-0.05, 0) is 61.3 Å². The first-order valence-corrected chi connectivity index (χ1v) is 10.6. The van der Waals surface area contributed by atoms with Gasteiger partial charge in [0.1, 0.15) is 5.60 Å². The lowest BCUT2D eigenvalue weighted by Gasteiger charge is -2.45. The van der Waals surface area contributed by atoms with E-state index in [2.05, 4.69) is 4.74 Å². The molecule has 0 radical (unpaired) electrons. The Morgan fingerprint density at radius 2 is 1.00 bits per heavy atom. The molecule has 1 saturated carbocycles. The first-order chi connectivity index (χ1) is 14.3. The van der Waals surface area contributed by atoms with Gasteiger partial charge >= 0.3 is 35.6 Å². The molecule has 11 heteroatoms. The van der Waals surface area contributed by atoms with E-state index in [0.717, 1.165) is 6.42 Å². The molecule has 0 aromatic heterocycles. The molecular formula is C26H51F7O4. The maximum atomic E-state index is 14.1. The molecule has 1 aliphatic carbocycles. The van der Waals surface area contributed by atoms with E-state index >= 15 is 0 Å². The molecule has 1 atom stereocenters. The first-order valence-electron chi connectivity index (χ1n) is 10.6. The van der Waals surface area contributed by atoms with Crippen molar-refractivity contribution in [3.05, 3.63) is 0 Å². The number of hydrogen-bond acceptors (Lipinski definition) is 4. The Morgan fingerprint density at radius 1 is 0.649 bits per heavy atom. The molecule has 0 N–H and O–H groups in total. The van der Waals surface area contributed by atoms with E-state index in [1.165, 1.54) is 20.8 Å². The predicted molar refractivity (Wildman–Crippen MR) is 135 cm³/mol. The van der Waals surface area contributed by atoms with Gasteiger partial charge in [-0.1, -0.05) is 43.6 Å². The Kier molecular flexibility index (Phi) is 17.2. The van der Waals surface area contributed by atoms with Crippen LogP contribution in [0.25, 0.3) is 0 Å². The average Bonchev–Trinajstić information content (AvgIpc) is 2.64. The Morgan fingerprint density at radius 3 is 1.32 bits per heavy atom. The third kappa shape index (κ3) is 9.93. The number of ether oxygens (including phenoxy) is 2. The van der Waals surface area contributed by atoms with Crippen molar-refractivity contribution in [3.63, 3.8) is 0 Å². The molecule has 0 aliphatic heterocycles. The molecule has 0 bridgehead atoms. The number of carbonyl (C=O) groups is 2. The van der Waals surface area contributed by atoms with E-state index in [-0.39, 0.29) is 53.1 Å². The lowest BCUT2D eigenvalue weighted by molar-refractivity contribution is -0.409. The summed E-state index contributed by atoms with van der Waals surface area (Å²) in [6.07, 6.45) is -2.71. The standard InChI is InChI=1S/C12H15F7O2.C10H20O2.4CH4/c1-4-8(2,3)7(20)21-10(15)6-5-9(13,14)11(16,17)12(10,18)19;1-7-10(5,6)8(11)12-9(2,3)4;;;;/h4-6H2,1-3H3;7H2,1-6H3;4*1H4. The quantitative estimate of drug-likeness (QED) is 0.248. The zero-order valence-electron chi connectivity index (χ0n) is 20.6. The molecule has 0 saturated heterocycles. The Hall–Kier alpha value is -1.55. The fourth-order valence-corrected chi connectivity index (χ4v) is 2.20. The summed E-state index contributed by atoms with van der Waals surface area (Å²) in [5.74, 6) is -22.9. The van der Waals surface area contributed by atoms with Gasteiger partial charge in [-0.3, -0.25) is 9.59 Å². The van der Waals surface area contributed by atoms with Crippen molar-refractivity contribution in [3.8, 4) is 0 Å². The van der Waals surface area contributed by atoms with Crippen molar-refractivity contribution in [2.45, 2.75) is 147 Å². The minimum atomic E-state index is -5.95. The Bertz CT molecular complexity index is 714. The van der Waals surface area contributed by atoms with Crippen molar-refractivity contribution < 1.29 is 49.8 Å². The van der Waals surface area contributed by atoms with Crippen LogP contribution in [-0.2, 0) is 19.1 Å². The van der Waals surface area contributed by atoms with E-state index in [1.54, 1.807) is 0 Å². The molecule has 1 unspecified atom stereocenters. The molecule has 4 nitrogen and oxygen atoms in total. The minimum Gasteiger partial charge on any atom is -0.460 e. The predicted octanol–water partition coefficient (Wildman–Crippen LogP) is 9.64. The van der Waals surface area contributed by atoms with Crippen molar-refractivity contribution in [1.82, 2.24) is 0 Å². The summed E-state index contributed by atoms with van der Waals surface area (Å²) in [4.78, 5) is 23.1. The van der Waals surface area contributed by atoms with E-state index in [1.807, 2.05) is 41.5 Å². The number of hydrogen-bond donors (Lipinski definition) is 0. The van der Waals surface area contributed by atoms with Gasteiger partial charge < -0.3 is 9.47 Å². The lowest BCUT2D eigenvalue weighted by atomic mass is 9.84. The topological polar surface area (TPSA) is 52.6 Å². The molecule has 0 aromatic carbocycles. The summed E-state index contributed by atoms with van der Waals surface area (Å²) < 4.78 is 102. The highest BCUT2D eigenvalue weighted by Gasteiger charge is 2.84. The highest BCUT2D eigenvalue weighted by Crippen LogP contribution is 2.59. The minimum absolute atomic E-state index is 0. The van der Waals surface area contributed by atoms with Gasteiger partial charge in [-0.2, -0.15) is 30.7 Å². The Labute approximate surface area is 220 Å². The maximum Gasteiger partial charge on any atom is 0.384 e. The van der Waals surface area contributed by atoms with Crippen LogP contribution in [-0.4, -0.2) is 41.2 Å². The van der Waals surface area contributed by atoms with Gasteiger partial charge in [0.05, 0.1) is 10.8 Å². The molecule has 1 aliphatic rings. The second-order valence-electron chi connectivity index (χ2n) is 10.4. The normalized spacial score (nSPS) is 21.6. The third-order valence-electron chi connectivity index (χ3n) is 5.61. The molecular weight excluding hydrogens is 509 g/mol. The fraction of sp³-hybridized carbons (Fsp3) is 0.923. The van der Waals surface area contributed by atoms with Crippen LogP contribution in [0.2, 0.25) is 0 Å². The van der Waals surface area contributed by atoms with Crippen molar-refractivity contribution in [2.75, 3.05) is 0 Å². The van der Waals surface area contributed by atoms with Crippen LogP contribution in [0.1, 0.15) is 118 Å². The monoisotopic (exact) mass is 560 g/mol. The summed E-state index contributed by atoms with van der Waals surface area (Å²) >= 11 is 0. The largest absolute Gasteiger partial charge is 0.460 e. The molecule has 0 amide bonds. The second kappa shape index (κ2) is 14.0. The second-order valence-corrected chi connectivity index (χ2v) is 10.4. The van der Waals surface area contributed by atoms with Gasteiger partial charge in [0.15, 0.2) is 0 Å². The zero-order chi connectivity index (χ0) is 26.9. The molecule has 0 heterocycles. The number of esters is 2. The zero-order valence-corrected chi connectivity index (χ0v) is 20.6. The highest BCUT2D eigenvalue weighted by molar-refractivity contribution is 5.76. The van der Waals surface area contributed by atoms with Crippen LogP contribution >= 0.6 is 0 Å². The van der Waals surface area contributed by atoms with Crippen molar-refractivity contribution in [1.29, 1.82) is 0 Å². The summed E-state index contributed by atoms with van der Waals surface area (Å²) in [7, 11) is 0. The van der Waals surface area contributed by atoms with Gasteiger partial charge in [-0.15, -0.1) is 0 Å². The lowest BCUT2D eigenvalue weighted by Crippen LogP contribution is -2.69. The van der Waals surface area contributed by atoms with Gasteiger partial charge in [0, 0.05) is 12.8 Å². The van der Waals surface area contributed by atoms with Crippen LogP contribution < -0.4 is 0 Å². The summed E-state index contributed by atoms with van der Waals surface area (Å²) in [5, 5.41) is 0. The number of alkyl halides is 7. The van der Waals surface area contributed by atoms with Crippen LogP contribution in [0.5, 0.6) is 0 Å². The molecule has 0 aromatic rings. The van der Waals surface area contributed by atoms with Gasteiger partial charge in [-0.25, -0.2) is 0 Å². The smallest absolute Gasteiger partial charge is 0.384 e. The van der Waals surface area contributed by atoms with Crippen LogP contribution in [0, 0.1) is 10.8 Å². The fourth-order valence-electron chi connectivity index (χ4n) is 2.20. The average molecular weight is 561 g/mol. The Balaban J connectivity index is -0.000000187. The number of rotatable bonds is 5. The highest BCUT2D eigenvalue weighted by atomic mass is 19.3. The van der Waals surface area contributed by atoms with E-state index in [0.29, 0.717) is 0 Å². The van der Waals surface area contributed by atoms with Crippen LogP contribution in [0.15, 0.2) is 0 Å². The molecule has 228 valence electrons. The van der Waals surface area contributed by atoms with E-state index in [9.17, 15) is 40.3 Å². The van der Waals surface area contributed by atoms with Crippen molar-refractivity contribution in [2.24, 2.45) is 10.8 Å². The van der Waals surface area contributed by atoms with Crippen LogP contribution in [0.4, 0.5) is 30.7 Å². The molecule has 37 heavy (non-hydrogen) atoms. The maximum absolute atomic E-state index is 14.1. The van der Waals surface area contributed by atoms with Gasteiger partial charge in [0.2, 0.25) is 0 Å². The molecule has 0 spiro atoms. The van der Waals surface area contributed by atoms with Crippen molar-refractivity contribution >= 4 is 11.9 Å².